The van der Waals surface area contributed by atoms with Crippen LogP contribution in [0.4, 0.5) is 0 Å². The highest BCUT2D eigenvalue weighted by atomic mass is 14.9. The average molecular weight is 214 g/mol. The van der Waals surface area contributed by atoms with Gasteiger partial charge in [0.05, 0.1) is 17.6 Å². The Morgan fingerprint density at radius 2 is 2.12 bits per heavy atom. The summed E-state index contributed by atoms with van der Waals surface area (Å²) in [6.07, 6.45) is 5.71. The van der Waals surface area contributed by atoms with Crippen molar-refractivity contribution in [3.63, 3.8) is 0 Å². The van der Waals surface area contributed by atoms with Crippen LogP contribution >= 0.6 is 0 Å². The topological polar surface area (TPSA) is 67.6 Å². The second-order valence-electron chi connectivity index (χ2n) is 4.33. The van der Waals surface area contributed by atoms with Crippen molar-refractivity contribution in [3.8, 4) is 11.4 Å². The lowest BCUT2D eigenvalue weighted by atomic mass is 9.80. The van der Waals surface area contributed by atoms with Crippen molar-refractivity contribution in [2.75, 3.05) is 0 Å². The van der Waals surface area contributed by atoms with Gasteiger partial charge >= 0.3 is 0 Å². The highest BCUT2D eigenvalue weighted by Crippen LogP contribution is 2.34. The van der Waals surface area contributed by atoms with Gasteiger partial charge < -0.3 is 10.7 Å². The molecule has 0 bridgehead atoms. The first-order valence-corrected chi connectivity index (χ1v) is 5.55. The fraction of sp³-hybridized carbons (Fsp3) is 0.333. The van der Waals surface area contributed by atoms with Gasteiger partial charge in [-0.2, -0.15) is 0 Å². The molecule has 1 fully saturated rings. The van der Waals surface area contributed by atoms with E-state index in [0.717, 1.165) is 30.1 Å². The first-order chi connectivity index (χ1) is 7.83. The first-order valence-electron chi connectivity index (χ1n) is 5.55. The standard InChI is InChI=1S/C12H14N4/c13-9-5-8(6-9)12-15-7-11(16-12)10-3-1-2-4-14-10/h1-4,7-9H,5-6,13H2,(H,15,16). The molecule has 1 saturated carbocycles. The molecule has 1 aliphatic rings. The molecule has 0 saturated heterocycles. The van der Waals surface area contributed by atoms with E-state index in [1.54, 1.807) is 6.20 Å². The number of H-pyrrole nitrogens is 1. The maximum atomic E-state index is 5.77. The number of nitrogens with one attached hydrogen (secondary N) is 1. The van der Waals surface area contributed by atoms with Crippen LogP contribution in [0.3, 0.4) is 0 Å². The lowest BCUT2D eigenvalue weighted by Gasteiger charge is -2.30. The third kappa shape index (κ3) is 1.61. The number of hydrogen-bond donors (Lipinski definition) is 2. The van der Waals surface area contributed by atoms with Gasteiger partial charge in [-0.25, -0.2) is 4.98 Å². The summed E-state index contributed by atoms with van der Waals surface area (Å²) in [5.41, 5.74) is 7.69. The normalized spacial score (nSPS) is 24.1. The highest BCUT2D eigenvalue weighted by molar-refractivity contribution is 5.52. The fourth-order valence-electron chi connectivity index (χ4n) is 2.08. The highest BCUT2D eigenvalue weighted by Gasteiger charge is 2.29. The summed E-state index contributed by atoms with van der Waals surface area (Å²) in [6, 6.07) is 6.21. The Bertz CT molecular complexity index is 471. The zero-order valence-electron chi connectivity index (χ0n) is 8.93. The lowest BCUT2D eigenvalue weighted by Crippen LogP contribution is -2.35. The molecule has 2 heterocycles. The van der Waals surface area contributed by atoms with Crippen molar-refractivity contribution in [1.82, 2.24) is 15.0 Å². The van der Waals surface area contributed by atoms with E-state index in [1.807, 2.05) is 24.4 Å². The number of imidazole rings is 1. The molecular weight excluding hydrogens is 200 g/mol. The van der Waals surface area contributed by atoms with E-state index >= 15 is 0 Å². The van der Waals surface area contributed by atoms with Crippen molar-refractivity contribution in [3.05, 3.63) is 36.4 Å². The zero-order chi connectivity index (χ0) is 11.0. The quantitative estimate of drug-likeness (QED) is 0.799. The van der Waals surface area contributed by atoms with E-state index < -0.39 is 0 Å². The van der Waals surface area contributed by atoms with Crippen LogP contribution in [0.2, 0.25) is 0 Å². The minimum Gasteiger partial charge on any atom is -0.340 e. The smallest absolute Gasteiger partial charge is 0.109 e. The molecule has 0 aliphatic heterocycles. The third-order valence-electron chi connectivity index (χ3n) is 3.10. The second kappa shape index (κ2) is 3.72. The summed E-state index contributed by atoms with van der Waals surface area (Å²) in [5.74, 6) is 1.55. The monoisotopic (exact) mass is 214 g/mol. The molecule has 16 heavy (non-hydrogen) atoms. The predicted molar refractivity (Wildman–Crippen MR) is 61.8 cm³/mol. The van der Waals surface area contributed by atoms with Gasteiger partial charge in [-0.3, -0.25) is 4.98 Å². The van der Waals surface area contributed by atoms with Crippen LogP contribution in [0, 0.1) is 0 Å². The van der Waals surface area contributed by atoms with Crippen LogP contribution in [0.15, 0.2) is 30.6 Å². The molecule has 0 amide bonds. The minimum atomic E-state index is 0.355. The number of rotatable bonds is 2. The third-order valence-corrected chi connectivity index (χ3v) is 3.10. The molecule has 4 nitrogen and oxygen atoms in total. The van der Waals surface area contributed by atoms with Crippen molar-refractivity contribution in [1.29, 1.82) is 0 Å². The minimum absolute atomic E-state index is 0.355. The van der Waals surface area contributed by atoms with Gasteiger partial charge in [0, 0.05) is 18.2 Å². The Labute approximate surface area is 93.9 Å². The van der Waals surface area contributed by atoms with Crippen LogP contribution < -0.4 is 5.73 Å². The Hall–Kier alpha value is -1.68. The van der Waals surface area contributed by atoms with Gasteiger partial charge in [-0.05, 0) is 25.0 Å². The summed E-state index contributed by atoms with van der Waals surface area (Å²) in [5, 5.41) is 0. The number of nitrogens with zero attached hydrogens (tertiary/aromatic N) is 2. The number of aromatic nitrogens is 3. The van der Waals surface area contributed by atoms with E-state index in [1.165, 1.54) is 0 Å². The molecule has 0 atom stereocenters. The molecule has 1 aliphatic carbocycles. The van der Waals surface area contributed by atoms with E-state index in [0.29, 0.717) is 12.0 Å². The average Bonchev–Trinajstić information content (AvgIpc) is 2.75. The summed E-state index contributed by atoms with van der Waals surface area (Å²) >= 11 is 0. The molecule has 0 aromatic carbocycles. The van der Waals surface area contributed by atoms with Gasteiger partial charge in [-0.15, -0.1) is 0 Å². The molecule has 3 rings (SSSR count). The Balaban J connectivity index is 1.83. The van der Waals surface area contributed by atoms with E-state index in [9.17, 15) is 0 Å². The number of aromatic amines is 1. The number of nitrogens with two attached hydrogens (primary N) is 1. The largest absolute Gasteiger partial charge is 0.340 e. The Morgan fingerprint density at radius 1 is 1.25 bits per heavy atom. The van der Waals surface area contributed by atoms with Gasteiger partial charge in [0.15, 0.2) is 0 Å². The van der Waals surface area contributed by atoms with Gasteiger partial charge in [0.2, 0.25) is 0 Å². The maximum Gasteiger partial charge on any atom is 0.109 e. The van der Waals surface area contributed by atoms with Crippen molar-refractivity contribution in [2.24, 2.45) is 5.73 Å². The number of pyridine rings is 1. The van der Waals surface area contributed by atoms with Gasteiger partial charge in [0.25, 0.3) is 0 Å². The maximum absolute atomic E-state index is 5.77. The molecule has 0 spiro atoms. The van der Waals surface area contributed by atoms with E-state index in [-0.39, 0.29) is 0 Å². The van der Waals surface area contributed by atoms with Crippen LogP contribution in [-0.4, -0.2) is 21.0 Å². The van der Waals surface area contributed by atoms with Crippen LogP contribution in [0.5, 0.6) is 0 Å². The van der Waals surface area contributed by atoms with Crippen LogP contribution in [-0.2, 0) is 0 Å². The molecule has 0 unspecified atom stereocenters. The van der Waals surface area contributed by atoms with Crippen LogP contribution in [0.25, 0.3) is 11.4 Å². The lowest BCUT2D eigenvalue weighted by molar-refractivity contribution is 0.340. The predicted octanol–water partition coefficient (Wildman–Crippen LogP) is 1.68. The summed E-state index contributed by atoms with van der Waals surface area (Å²) in [6.45, 7) is 0. The van der Waals surface area contributed by atoms with Gasteiger partial charge in [-0.1, -0.05) is 6.07 Å². The molecule has 0 radical (unpaired) electrons. The van der Waals surface area contributed by atoms with Crippen molar-refractivity contribution >= 4 is 0 Å². The summed E-state index contributed by atoms with van der Waals surface area (Å²) < 4.78 is 0. The van der Waals surface area contributed by atoms with E-state index in [2.05, 4.69) is 15.0 Å². The van der Waals surface area contributed by atoms with E-state index in [4.69, 9.17) is 5.73 Å². The fourth-order valence-corrected chi connectivity index (χ4v) is 2.08. The molecule has 2 aromatic heterocycles. The summed E-state index contributed by atoms with van der Waals surface area (Å²) in [4.78, 5) is 12.0. The molecule has 4 heteroatoms. The number of hydrogen-bond acceptors (Lipinski definition) is 3. The zero-order valence-corrected chi connectivity index (χ0v) is 8.93. The SMILES string of the molecule is NC1CC(c2ncc(-c3ccccn3)[nH]2)C1. The van der Waals surface area contributed by atoms with Crippen LogP contribution in [0.1, 0.15) is 24.6 Å². The van der Waals surface area contributed by atoms with Crippen molar-refractivity contribution in [2.45, 2.75) is 24.8 Å². The summed E-state index contributed by atoms with van der Waals surface area (Å²) in [7, 11) is 0. The Kier molecular flexibility index (Phi) is 2.22. The molecule has 2 aromatic rings. The first kappa shape index (κ1) is 9.54. The second-order valence-corrected chi connectivity index (χ2v) is 4.33. The molecule has 3 N–H and O–H groups in total. The molecule has 82 valence electrons. The van der Waals surface area contributed by atoms with Crippen molar-refractivity contribution < 1.29 is 0 Å². The van der Waals surface area contributed by atoms with Gasteiger partial charge in [0.1, 0.15) is 5.82 Å². The Morgan fingerprint density at radius 3 is 2.81 bits per heavy atom. The molecular formula is C12H14N4.